The van der Waals surface area contributed by atoms with Gasteiger partial charge in [-0.25, -0.2) is 0 Å². The number of allylic oxidation sites excluding steroid dienone is 1. The number of ketones is 1. The summed E-state index contributed by atoms with van der Waals surface area (Å²) >= 11 is 3.43. The lowest BCUT2D eigenvalue weighted by atomic mass is 9.86. The molecule has 0 radical (unpaired) electrons. The molecule has 0 fully saturated rings. The number of halogens is 1. The van der Waals surface area contributed by atoms with Gasteiger partial charge in [0, 0.05) is 15.5 Å². The second kappa shape index (κ2) is 8.13. The number of nitrogens with zero attached hydrogens (tertiary/aromatic N) is 1. The lowest BCUT2D eigenvalue weighted by molar-refractivity contribution is -0.121. The third kappa shape index (κ3) is 5.30. The number of hydrogen-bond donors (Lipinski definition) is 0. The fourth-order valence-corrected chi connectivity index (χ4v) is 2.59. The molecule has 2 rings (SSSR count). The quantitative estimate of drug-likeness (QED) is 0.490. The summed E-state index contributed by atoms with van der Waals surface area (Å²) in [6.07, 6.45) is 1.60. The summed E-state index contributed by atoms with van der Waals surface area (Å²) in [6, 6.07) is 17.4. The van der Waals surface area contributed by atoms with Crippen LogP contribution in [0.1, 0.15) is 31.9 Å². The van der Waals surface area contributed by atoms with E-state index in [2.05, 4.69) is 15.9 Å². The van der Waals surface area contributed by atoms with Crippen molar-refractivity contribution in [3.8, 4) is 11.8 Å². The predicted molar refractivity (Wildman–Crippen MR) is 103 cm³/mol. The van der Waals surface area contributed by atoms with E-state index in [1.807, 2.05) is 54.6 Å². The van der Waals surface area contributed by atoms with E-state index in [1.54, 1.807) is 26.8 Å². The van der Waals surface area contributed by atoms with Crippen LogP contribution in [0, 0.1) is 16.7 Å². The molecule has 0 aliphatic carbocycles. The highest BCUT2D eigenvalue weighted by Crippen LogP contribution is 2.28. The maximum atomic E-state index is 12.4. The Bertz CT molecular complexity index is 827. The van der Waals surface area contributed by atoms with Gasteiger partial charge < -0.3 is 4.74 Å². The fourth-order valence-electron chi connectivity index (χ4n) is 2.21. The summed E-state index contributed by atoms with van der Waals surface area (Å²) in [5.41, 5.74) is 1.25. The van der Waals surface area contributed by atoms with Crippen LogP contribution >= 0.6 is 15.9 Å². The van der Waals surface area contributed by atoms with Gasteiger partial charge in [-0.3, -0.25) is 4.79 Å². The smallest absolute Gasteiger partial charge is 0.178 e. The molecule has 0 saturated carbocycles. The Morgan fingerprint density at radius 1 is 1.20 bits per heavy atom. The summed E-state index contributed by atoms with van der Waals surface area (Å²) in [4.78, 5) is 12.4. The van der Waals surface area contributed by atoms with Gasteiger partial charge in [0.2, 0.25) is 0 Å². The predicted octanol–water partition coefficient (Wildman–Crippen LogP) is 5.55. The zero-order chi connectivity index (χ0) is 18.4. The molecule has 0 heterocycles. The average Bonchev–Trinajstić information content (AvgIpc) is 2.58. The lowest BCUT2D eigenvalue weighted by Gasteiger charge is -2.16. The van der Waals surface area contributed by atoms with E-state index in [1.165, 1.54) is 0 Å². The molecule has 0 aliphatic rings. The second-order valence-corrected chi connectivity index (χ2v) is 7.62. The first-order valence-electron chi connectivity index (χ1n) is 7.94. The molecule has 128 valence electrons. The van der Waals surface area contributed by atoms with E-state index >= 15 is 0 Å². The Balaban J connectivity index is 2.33. The highest BCUT2D eigenvalue weighted by Gasteiger charge is 2.25. The topological polar surface area (TPSA) is 50.1 Å². The van der Waals surface area contributed by atoms with Crippen LogP contribution in [0.2, 0.25) is 0 Å². The number of hydrogen-bond acceptors (Lipinski definition) is 3. The van der Waals surface area contributed by atoms with E-state index in [4.69, 9.17) is 4.74 Å². The van der Waals surface area contributed by atoms with Gasteiger partial charge in [-0.05, 0) is 29.8 Å². The van der Waals surface area contributed by atoms with Gasteiger partial charge in [0.25, 0.3) is 0 Å². The highest BCUT2D eigenvalue weighted by atomic mass is 79.9. The first-order valence-corrected chi connectivity index (χ1v) is 8.73. The second-order valence-electron chi connectivity index (χ2n) is 6.71. The summed E-state index contributed by atoms with van der Waals surface area (Å²) in [7, 11) is 0. The molecule has 4 heteroatoms. The van der Waals surface area contributed by atoms with Gasteiger partial charge in [0.1, 0.15) is 18.4 Å². The van der Waals surface area contributed by atoms with Crippen LogP contribution < -0.4 is 4.74 Å². The van der Waals surface area contributed by atoms with Crippen LogP contribution in [0.5, 0.6) is 5.75 Å². The van der Waals surface area contributed by atoms with Crippen molar-refractivity contribution >= 4 is 27.8 Å². The van der Waals surface area contributed by atoms with Gasteiger partial charge in [-0.2, -0.15) is 5.26 Å². The zero-order valence-corrected chi connectivity index (χ0v) is 16.1. The standard InChI is InChI=1S/C21H20BrNO2/c1-21(2,3)20(24)17(13-23)11-16-12-18(22)9-10-19(16)25-14-15-7-5-4-6-8-15/h4-12H,14H2,1-3H3. The molecule has 25 heavy (non-hydrogen) atoms. The Labute approximate surface area is 157 Å². The van der Waals surface area contributed by atoms with E-state index in [0.717, 1.165) is 10.0 Å². The Morgan fingerprint density at radius 3 is 2.48 bits per heavy atom. The summed E-state index contributed by atoms with van der Waals surface area (Å²) < 4.78 is 6.76. The van der Waals surface area contributed by atoms with Crippen LogP contribution in [0.15, 0.2) is 58.6 Å². The van der Waals surface area contributed by atoms with Crippen LogP contribution in [0.3, 0.4) is 0 Å². The van der Waals surface area contributed by atoms with Crippen molar-refractivity contribution in [1.29, 1.82) is 5.26 Å². The minimum atomic E-state index is -0.612. The normalized spacial score (nSPS) is 11.7. The van der Waals surface area contributed by atoms with Crippen LogP contribution in [-0.4, -0.2) is 5.78 Å². The first kappa shape index (κ1) is 19.0. The fraction of sp³-hybridized carbons (Fsp3) is 0.238. The molecule has 0 spiro atoms. The van der Waals surface area contributed by atoms with Gasteiger partial charge in [-0.1, -0.05) is 67.0 Å². The summed E-state index contributed by atoms with van der Waals surface area (Å²) in [5.74, 6) is 0.436. The summed E-state index contributed by atoms with van der Waals surface area (Å²) in [6.45, 7) is 5.81. The number of ether oxygens (including phenoxy) is 1. The van der Waals surface area contributed by atoms with Crippen molar-refractivity contribution in [3.63, 3.8) is 0 Å². The Morgan fingerprint density at radius 2 is 1.88 bits per heavy atom. The van der Waals surface area contributed by atoms with E-state index in [0.29, 0.717) is 17.9 Å². The van der Waals surface area contributed by atoms with Crippen molar-refractivity contribution in [3.05, 3.63) is 69.7 Å². The minimum absolute atomic E-state index is 0.121. The van der Waals surface area contributed by atoms with Gasteiger partial charge in [0.15, 0.2) is 5.78 Å². The third-order valence-electron chi connectivity index (χ3n) is 3.56. The van der Waals surface area contributed by atoms with Crippen molar-refractivity contribution in [2.75, 3.05) is 0 Å². The monoisotopic (exact) mass is 397 g/mol. The average molecular weight is 398 g/mol. The maximum Gasteiger partial charge on any atom is 0.178 e. The SMILES string of the molecule is CC(C)(C)C(=O)C(C#N)=Cc1cc(Br)ccc1OCc1ccccc1. The molecule has 0 aliphatic heterocycles. The van der Waals surface area contributed by atoms with Crippen molar-refractivity contribution in [2.24, 2.45) is 5.41 Å². The lowest BCUT2D eigenvalue weighted by Crippen LogP contribution is -2.21. The Hall–Kier alpha value is -2.38. The number of Topliss-reactive ketones (excluding diaryl/α,β-unsaturated/α-hetero) is 1. The highest BCUT2D eigenvalue weighted by molar-refractivity contribution is 9.10. The number of carbonyl (C=O) groups is 1. The molecule has 0 aromatic heterocycles. The molecular formula is C21H20BrNO2. The molecule has 0 amide bonds. The minimum Gasteiger partial charge on any atom is -0.488 e. The van der Waals surface area contributed by atoms with Gasteiger partial charge >= 0.3 is 0 Å². The van der Waals surface area contributed by atoms with Crippen molar-refractivity contribution in [2.45, 2.75) is 27.4 Å². The van der Waals surface area contributed by atoms with Gasteiger partial charge in [-0.15, -0.1) is 0 Å². The van der Waals surface area contributed by atoms with E-state index < -0.39 is 5.41 Å². The molecule has 0 atom stereocenters. The molecule has 2 aromatic carbocycles. The molecule has 0 bridgehead atoms. The Kier molecular flexibility index (Phi) is 6.17. The summed E-state index contributed by atoms with van der Waals surface area (Å²) in [5, 5.41) is 9.40. The van der Waals surface area contributed by atoms with E-state index in [9.17, 15) is 10.1 Å². The van der Waals surface area contributed by atoms with Crippen molar-refractivity contribution in [1.82, 2.24) is 0 Å². The third-order valence-corrected chi connectivity index (χ3v) is 4.05. The van der Waals surface area contributed by atoms with Crippen LogP contribution in [0.4, 0.5) is 0 Å². The van der Waals surface area contributed by atoms with Crippen molar-refractivity contribution < 1.29 is 9.53 Å². The first-order chi connectivity index (χ1) is 11.8. The molecular weight excluding hydrogens is 378 g/mol. The number of benzene rings is 2. The van der Waals surface area contributed by atoms with Gasteiger partial charge in [0.05, 0.1) is 5.57 Å². The molecule has 0 unspecified atom stereocenters. The number of rotatable bonds is 5. The number of carbonyl (C=O) groups excluding carboxylic acids is 1. The van der Waals surface area contributed by atoms with E-state index in [-0.39, 0.29) is 11.4 Å². The van der Waals surface area contributed by atoms with Crippen LogP contribution in [0.25, 0.3) is 6.08 Å². The largest absolute Gasteiger partial charge is 0.488 e. The zero-order valence-electron chi connectivity index (χ0n) is 14.5. The molecule has 3 nitrogen and oxygen atoms in total. The molecule has 2 aromatic rings. The maximum absolute atomic E-state index is 12.4. The number of nitriles is 1. The van der Waals surface area contributed by atoms with Crippen LogP contribution in [-0.2, 0) is 11.4 Å². The molecule has 0 N–H and O–H groups in total. The molecule has 0 saturated heterocycles.